The van der Waals surface area contributed by atoms with Crippen LogP contribution in [0, 0.1) is 6.57 Å². The first-order chi connectivity index (χ1) is 5.81. The van der Waals surface area contributed by atoms with E-state index < -0.39 is 0 Å². The van der Waals surface area contributed by atoms with Crippen LogP contribution < -0.4 is 5.32 Å². The van der Waals surface area contributed by atoms with Crippen LogP contribution in [-0.2, 0) is 9.53 Å². The van der Waals surface area contributed by atoms with Crippen LogP contribution in [0.2, 0.25) is 0 Å². The predicted octanol–water partition coefficient (Wildman–Crippen LogP) is -0.969. The highest BCUT2D eigenvalue weighted by Crippen LogP contribution is 1.73. The Bertz CT molecular complexity index is 165. The summed E-state index contributed by atoms with van der Waals surface area (Å²) < 4.78 is 4.87. The van der Waals surface area contributed by atoms with Crippen molar-refractivity contribution in [2.24, 2.45) is 0 Å². The average molecular weight is 172 g/mol. The van der Waals surface area contributed by atoms with Crippen molar-refractivity contribution in [1.82, 2.24) is 5.32 Å². The maximum atomic E-state index is 10.6. The molecule has 5 nitrogen and oxygen atoms in total. The maximum Gasteiger partial charge on any atom is 0.300 e. The van der Waals surface area contributed by atoms with Gasteiger partial charge < -0.3 is 20.0 Å². The Balaban J connectivity index is 3.10. The zero-order valence-electron chi connectivity index (χ0n) is 6.75. The van der Waals surface area contributed by atoms with Crippen molar-refractivity contribution in [3.8, 4) is 0 Å². The zero-order valence-corrected chi connectivity index (χ0v) is 6.75. The highest BCUT2D eigenvalue weighted by atomic mass is 16.5. The summed E-state index contributed by atoms with van der Waals surface area (Å²) in [5.41, 5.74) is 0. The molecule has 0 aromatic carbocycles. The SMILES string of the molecule is [C-]#[N+]CC(=O)NCCOCCO. The predicted molar refractivity (Wildman–Crippen MR) is 42.4 cm³/mol. The van der Waals surface area contributed by atoms with E-state index in [4.69, 9.17) is 16.4 Å². The average Bonchev–Trinajstić information content (AvgIpc) is 2.05. The maximum absolute atomic E-state index is 10.6. The molecule has 0 heterocycles. The minimum Gasteiger partial charge on any atom is -0.394 e. The van der Waals surface area contributed by atoms with Crippen molar-refractivity contribution in [1.29, 1.82) is 0 Å². The molecule has 0 radical (unpaired) electrons. The van der Waals surface area contributed by atoms with E-state index in [0.29, 0.717) is 13.2 Å². The number of hydrogen-bond acceptors (Lipinski definition) is 3. The minimum atomic E-state index is -0.294. The quantitative estimate of drug-likeness (QED) is 0.400. The molecule has 0 aliphatic rings. The van der Waals surface area contributed by atoms with E-state index in [0.717, 1.165) is 0 Å². The molecule has 1 amide bonds. The van der Waals surface area contributed by atoms with E-state index in [1.807, 2.05) is 0 Å². The third-order valence-corrected chi connectivity index (χ3v) is 1.03. The van der Waals surface area contributed by atoms with Gasteiger partial charge in [-0.1, -0.05) is 0 Å². The molecule has 2 N–H and O–H groups in total. The topological polar surface area (TPSA) is 62.9 Å². The summed E-state index contributed by atoms with van der Waals surface area (Å²) in [6.07, 6.45) is 0. The smallest absolute Gasteiger partial charge is 0.300 e. The summed E-state index contributed by atoms with van der Waals surface area (Å²) in [5.74, 6) is -0.294. The number of hydrogen-bond donors (Lipinski definition) is 2. The fraction of sp³-hybridized carbons (Fsp3) is 0.714. The molecular weight excluding hydrogens is 160 g/mol. The molecule has 0 rings (SSSR count). The monoisotopic (exact) mass is 172 g/mol. The first-order valence-corrected chi connectivity index (χ1v) is 3.59. The van der Waals surface area contributed by atoms with Gasteiger partial charge >= 0.3 is 0 Å². The van der Waals surface area contributed by atoms with Crippen LogP contribution in [0.4, 0.5) is 0 Å². The molecule has 0 aliphatic heterocycles. The first kappa shape index (κ1) is 10.9. The molecule has 0 saturated carbocycles. The lowest BCUT2D eigenvalue weighted by Crippen LogP contribution is -2.28. The van der Waals surface area contributed by atoms with Crippen molar-refractivity contribution < 1.29 is 14.6 Å². The lowest BCUT2D eigenvalue weighted by atomic mass is 10.5. The third-order valence-electron chi connectivity index (χ3n) is 1.03. The number of ether oxygens (including phenoxy) is 1. The van der Waals surface area contributed by atoms with Gasteiger partial charge in [-0.25, -0.2) is 6.57 Å². The largest absolute Gasteiger partial charge is 0.394 e. The Labute approximate surface area is 71.2 Å². The number of nitrogens with one attached hydrogen (secondary N) is 1. The highest BCUT2D eigenvalue weighted by molar-refractivity contribution is 5.79. The van der Waals surface area contributed by atoms with E-state index >= 15 is 0 Å². The lowest BCUT2D eigenvalue weighted by Gasteiger charge is -2.01. The second kappa shape index (κ2) is 7.98. The third kappa shape index (κ3) is 6.99. The zero-order chi connectivity index (χ0) is 9.23. The Morgan fingerprint density at radius 1 is 1.58 bits per heavy atom. The molecular formula is C7H12N2O3. The summed E-state index contributed by atoms with van der Waals surface area (Å²) in [5, 5.41) is 10.8. The molecule has 68 valence electrons. The Morgan fingerprint density at radius 3 is 2.92 bits per heavy atom. The van der Waals surface area contributed by atoms with Crippen LogP contribution in [0.5, 0.6) is 0 Å². The van der Waals surface area contributed by atoms with Crippen molar-refractivity contribution in [3.63, 3.8) is 0 Å². The summed E-state index contributed by atoms with van der Waals surface area (Å²) in [7, 11) is 0. The molecule has 0 aromatic heterocycles. The number of rotatable bonds is 6. The Kier molecular flexibility index (Phi) is 7.24. The second-order valence-electron chi connectivity index (χ2n) is 2.00. The minimum absolute atomic E-state index is 0.0179. The molecule has 0 unspecified atom stereocenters. The molecule has 0 bridgehead atoms. The van der Waals surface area contributed by atoms with Crippen molar-refractivity contribution in [2.75, 3.05) is 32.9 Å². The molecule has 0 aliphatic carbocycles. The van der Waals surface area contributed by atoms with Crippen LogP contribution in [0.15, 0.2) is 0 Å². The summed E-state index contributed by atoms with van der Waals surface area (Å²) in [6, 6.07) is 0. The normalized spacial score (nSPS) is 9.00. The van der Waals surface area contributed by atoms with Gasteiger partial charge in [0.05, 0.1) is 19.8 Å². The number of aliphatic hydroxyl groups excluding tert-OH is 1. The van der Waals surface area contributed by atoms with E-state index in [9.17, 15) is 4.79 Å². The molecule has 0 atom stereocenters. The van der Waals surface area contributed by atoms with Crippen LogP contribution in [0.25, 0.3) is 4.85 Å². The van der Waals surface area contributed by atoms with Gasteiger partial charge in [0.25, 0.3) is 12.5 Å². The van der Waals surface area contributed by atoms with Gasteiger partial charge in [-0.3, -0.25) is 4.79 Å². The first-order valence-electron chi connectivity index (χ1n) is 3.59. The van der Waals surface area contributed by atoms with Gasteiger partial charge in [-0.05, 0) is 0 Å². The van der Waals surface area contributed by atoms with E-state index in [1.165, 1.54) is 0 Å². The summed E-state index contributed by atoms with van der Waals surface area (Å²) >= 11 is 0. The second-order valence-corrected chi connectivity index (χ2v) is 2.00. The molecule has 0 fully saturated rings. The molecule has 5 heteroatoms. The van der Waals surface area contributed by atoms with Crippen LogP contribution in [0.3, 0.4) is 0 Å². The molecule has 0 aromatic rings. The summed E-state index contributed by atoms with van der Waals surface area (Å²) in [6.45, 7) is 7.25. The van der Waals surface area contributed by atoms with Crippen molar-refractivity contribution >= 4 is 5.91 Å². The number of carbonyl (C=O) groups excluding carboxylic acids is 1. The van der Waals surface area contributed by atoms with Gasteiger partial charge in [0, 0.05) is 6.54 Å². The van der Waals surface area contributed by atoms with E-state index in [1.54, 1.807) is 0 Å². The Hall–Kier alpha value is -1.12. The van der Waals surface area contributed by atoms with Crippen molar-refractivity contribution in [2.45, 2.75) is 0 Å². The van der Waals surface area contributed by atoms with Crippen LogP contribution >= 0.6 is 0 Å². The van der Waals surface area contributed by atoms with Crippen LogP contribution in [-0.4, -0.2) is 43.9 Å². The van der Waals surface area contributed by atoms with E-state index in [2.05, 4.69) is 10.2 Å². The molecule has 0 saturated heterocycles. The van der Waals surface area contributed by atoms with Gasteiger partial charge in [-0.2, -0.15) is 0 Å². The van der Waals surface area contributed by atoms with Gasteiger partial charge in [0.2, 0.25) is 0 Å². The van der Waals surface area contributed by atoms with Gasteiger partial charge in [0.1, 0.15) is 0 Å². The molecule has 12 heavy (non-hydrogen) atoms. The van der Waals surface area contributed by atoms with E-state index in [-0.39, 0.29) is 25.7 Å². The number of nitrogens with zero attached hydrogens (tertiary/aromatic N) is 1. The number of carbonyl (C=O) groups is 1. The number of amides is 1. The summed E-state index contributed by atoms with van der Waals surface area (Å²) in [4.78, 5) is 13.6. The lowest BCUT2D eigenvalue weighted by molar-refractivity contribution is -0.119. The molecule has 0 spiro atoms. The Morgan fingerprint density at radius 2 is 2.33 bits per heavy atom. The fourth-order valence-electron chi connectivity index (χ4n) is 0.557. The highest BCUT2D eigenvalue weighted by Gasteiger charge is 2.00. The fourth-order valence-corrected chi connectivity index (χ4v) is 0.557. The van der Waals surface area contributed by atoms with Gasteiger partial charge in [-0.15, -0.1) is 0 Å². The van der Waals surface area contributed by atoms with Crippen molar-refractivity contribution in [3.05, 3.63) is 11.4 Å². The number of aliphatic hydroxyl groups is 1. The standard InChI is InChI=1S/C7H12N2O3/c1-8-6-7(11)9-2-4-12-5-3-10/h10H,2-6H2,(H,9,11). The van der Waals surface area contributed by atoms with Gasteiger partial charge in [0.15, 0.2) is 0 Å². The van der Waals surface area contributed by atoms with Crippen LogP contribution in [0.1, 0.15) is 0 Å².